The number of ether oxygens (including phenoxy) is 2. The van der Waals surface area contributed by atoms with Gasteiger partial charge in [-0.25, -0.2) is 4.79 Å². The van der Waals surface area contributed by atoms with Crippen LogP contribution in [0.5, 0.6) is 11.5 Å². The van der Waals surface area contributed by atoms with Gasteiger partial charge in [0.05, 0.1) is 13.7 Å². The first kappa shape index (κ1) is 10.4. The molecule has 0 saturated carbocycles. The predicted molar refractivity (Wildman–Crippen MR) is 50.6 cm³/mol. The topological polar surface area (TPSA) is 55.8 Å². The first-order valence-corrected chi connectivity index (χ1v) is 4.23. The molecule has 1 aromatic rings. The van der Waals surface area contributed by atoms with E-state index in [0.29, 0.717) is 0 Å². The fraction of sp³-hybridized carbons (Fsp3) is 0.300. The minimum atomic E-state index is -0.552. The number of carbonyl (C=O) groups is 1. The summed E-state index contributed by atoms with van der Waals surface area (Å²) >= 11 is 0. The van der Waals surface area contributed by atoms with E-state index < -0.39 is 5.97 Å². The Labute approximate surface area is 82.1 Å². The maximum atomic E-state index is 11.3. The molecule has 0 spiro atoms. The van der Waals surface area contributed by atoms with Gasteiger partial charge < -0.3 is 14.6 Å². The van der Waals surface area contributed by atoms with Crippen molar-refractivity contribution in [3.8, 4) is 11.5 Å². The molecule has 1 N–H and O–H groups in total. The maximum Gasteiger partial charge on any atom is 0.342 e. The molecule has 4 heteroatoms. The average Bonchev–Trinajstić information content (AvgIpc) is 2.18. The molecule has 1 aromatic carbocycles. The van der Waals surface area contributed by atoms with Gasteiger partial charge in [-0.05, 0) is 19.1 Å². The number of benzene rings is 1. The molecule has 1 rings (SSSR count). The smallest absolute Gasteiger partial charge is 0.342 e. The highest BCUT2D eigenvalue weighted by Crippen LogP contribution is 2.29. The standard InChI is InChI=1S/C10H12O4/c1-3-14-10(12)7-5-4-6-8(13-2)9(7)11/h4-6,11H,3H2,1-2H3. The molecule has 0 aliphatic heterocycles. The number of methoxy groups -OCH3 is 1. The van der Waals surface area contributed by atoms with Crippen molar-refractivity contribution in [1.29, 1.82) is 0 Å². The van der Waals surface area contributed by atoms with Gasteiger partial charge >= 0.3 is 5.97 Å². The Morgan fingerprint density at radius 3 is 2.79 bits per heavy atom. The number of rotatable bonds is 3. The second-order valence-electron chi connectivity index (χ2n) is 2.58. The van der Waals surface area contributed by atoms with Gasteiger partial charge in [0.15, 0.2) is 11.5 Å². The molecule has 0 aliphatic carbocycles. The Kier molecular flexibility index (Phi) is 3.34. The SMILES string of the molecule is CCOC(=O)c1cccc(OC)c1O. The third-order valence-corrected chi connectivity index (χ3v) is 1.71. The summed E-state index contributed by atoms with van der Waals surface area (Å²) in [7, 11) is 1.42. The van der Waals surface area contributed by atoms with Crippen molar-refractivity contribution in [1.82, 2.24) is 0 Å². The van der Waals surface area contributed by atoms with Crippen molar-refractivity contribution in [3.05, 3.63) is 23.8 Å². The van der Waals surface area contributed by atoms with Crippen LogP contribution in [-0.2, 0) is 4.74 Å². The molecule has 0 atom stereocenters. The number of carbonyl (C=O) groups excluding carboxylic acids is 1. The fourth-order valence-corrected chi connectivity index (χ4v) is 1.06. The molecule has 0 fully saturated rings. The fourth-order valence-electron chi connectivity index (χ4n) is 1.06. The highest BCUT2D eigenvalue weighted by Gasteiger charge is 2.14. The second kappa shape index (κ2) is 4.50. The van der Waals surface area contributed by atoms with Gasteiger partial charge in [0.25, 0.3) is 0 Å². The summed E-state index contributed by atoms with van der Waals surface area (Å²) in [5, 5.41) is 9.56. The molecule has 0 bridgehead atoms. The number of aromatic hydroxyl groups is 1. The zero-order valence-electron chi connectivity index (χ0n) is 8.11. The van der Waals surface area contributed by atoms with Crippen LogP contribution < -0.4 is 4.74 Å². The van der Waals surface area contributed by atoms with Crippen LogP contribution in [0.2, 0.25) is 0 Å². The Morgan fingerprint density at radius 1 is 1.50 bits per heavy atom. The molecule has 14 heavy (non-hydrogen) atoms. The maximum absolute atomic E-state index is 11.3. The van der Waals surface area contributed by atoms with Crippen LogP contribution in [0.15, 0.2) is 18.2 Å². The third-order valence-electron chi connectivity index (χ3n) is 1.71. The Hall–Kier alpha value is -1.71. The zero-order valence-corrected chi connectivity index (χ0v) is 8.11. The molecular formula is C10H12O4. The summed E-state index contributed by atoms with van der Waals surface area (Å²) in [4.78, 5) is 11.3. The molecule has 0 amide bonds. The van der Waals surface area contributed by atoms with Gasteiger partial charge in [-0.3, -0.25) is 0 Å². The number of hydrogen-bond donors (Lipinski definition) is 1. The number of phenols is 1. The predicted octanol–water partition coefficient (Wildman–Crippen LogP) is 1.58. The van der Waals surface area contributed by atoms with Crippen molar-refractivity contribution in [2.75, 3.05) is 13.7 Å². The van der Waals surface area contributed by atoms with E-state index in [1.807, 2.05) is 0 Å². The van der Waals surface area contributed by atoms with E-state index >= 15 is 0 Å². The summed E-state index contributed by atoms with van der Waals surface area (Å²) in [6.45, 7) is 1.98. The van der Waals surface area contributed by atoms with Crippen molar-refractivity contribution < 1.29 is 19.4 Å². The number of para-hydroxylation sites is 1. The first-order chi connectivity index (χ1) is 6.70. The molecule has 0 aliphatic rings. The lowest BCUT2D eigenvalue weighted by Gasteiger charge is -2.07. The quantitative estimate of drug-likeness (QED) is 0.745. The zero-order chi connectivity index (χ0) is 10.6. The van der Waals surface area contributed by atoms with Gasteiger partial charge in [0.1, 0.15) is 5.56 Å². The van der Waals surface area contributed by atoms with E-state index in [9.17, 15) is 9.90 Å². The van der Waals surface area contributed by atoms with Gasteiger partial charge in [0.2, 0.25) is 0 Å². The first-order valence-electron chi connectivity index (χ1n) is 4.23. The van der Waals surface area contributed by atoms with Crippen LogP contribution in [0.3, 0.4) is 0 Å². The van der Waals surface area contributed by atoms with E-state index in [0.717, 1.165) is 0 Å². The molecule has 0 aromatic heterocycles. The van der Waals surface area contributed by atoms with Gasteiger partial charge in [-0.1, -0.05) is 6.07 Å². The van der Waals surface area contributed by atoms with Crippen molar-refractivity contribution in [3.63, 3.8) is 0 Å². The van der Waals surface area contributed by atoms with Crippen molar-refractivity contribution >= 4 is 5.97 Å². The van der Waals surface area contributed by atoms with Crippen LogP contribution in [0, 0.1) is 0 Å². The average molecular weight is 196 g/mol. The minimum absolute atomic E-state index is 0.117. The monoisotopic (exact) mass is 196 g/mol. The Bertz CT molecular complexity index is 333. The molecule has 76 valence electrons. The highest BCUT2D eigenvalue weighted by molar-refractivity contribution is 5.93. The molecule has 0 radical (unpaired) electrons. The molecular weight excluding hydrogens is 184 g/mol. The van der Waals surface area contributed by atoms with Gasteiger partial charge in [-0.2, -0.15) is 0 Å². The van der Waals surface area contributed by atoms with Crippen molar-refractivity contribution in [2.24, 2.45) is 0 Å². The normalized spacial score (nSPS) is 9.57. The van der Waals surface area contributed by atoms with Gasteiger partial charge in [-0.15, -0.1) is 0 Å². The summed E-state index contributed by atoms with van der Waals surface area (Å²) in [6.07, 6.45) is 0. The van der Waals surface area contributed by atoms with E-state index in [1.54, 1.807) is 19.1 Å². The lowest BCUT2D eigenvalue weighted by Crippen LogP contribution is -2.05. The molecule has 0 unspecified atom stereocenters. The number of hydrogen-bond acceptors (Lipinski definition) is 4. The van der Waals surface area contributed by atoms with Crippen LogP contribution in [-0.4, -0.2) is 24.8 Å². The number of phenolic OH excluding ortho intramolecular Hbond substituents is 1. The third kappa shape index (κ3) is 1.96. The highest BCUT2D eigenvalue weighted by atomic mass is 16.5. The minimum Gasteiger partial charge on any atom is -0.504 e. The van der Waals surface area contributed by atoms with Crippen LogP contribution in [0.1, 0.15) is 17.3 Å². The summed E-state index contributed by atoms with van der Waals surface area (Å²) in [6, 6.07) is 4.67. The van der Waals surface area contributed by atoms with Gasteiger partial charge in [0, 0.05) is 0 Å². The lowest BCUT2D eigenvalue weighted by atomic mass is 10.2. The Morgan fingerprint density at radius 2 is 2.21 bits per heavy atom. The Balaban J connectivity index is 3.03. The number of esters is 1. The molecule has 0 saturated heterocycles. The molecule has 0 heterocycles. The molecule has 4 nitrogen and oxygen atoms in total. The second-order valence-corrected chi connectivity index (χ2v) is 2.58. The summed E-state index contributed by atoms with van der Waals surface area (Å²) in [5.74, 6) is -0.479. The summed E-state index contributed by atoms with van der Waals surface area (Å²) in [5.41, 5.74) is 0.117. The van der Waals surface area contributed by atoms with Crippen molar-refractivity contribution in [2.45, 2.75) is 6.92 Å². The van der Waals surface area contributed by atoms with E-state index in [4.69, 9.17) is 9.47 Å². The van der Waals surface area contributed by atoms with E-state index in [-0.39, 0.29) is 23.7 Å². The van der Waals surface area contributed by atoms with Crippen LogP contribution in [0.25, 0.3) is 0 Å². The summed E-state index contributed by atoms with van der Waals surface area (Å²) < 4.78 is 9.61. The van der Waals surface area contributed by atoms with Crippen LogP contribution in [0.4, 0.5) is 0 Å². The van der Waals surface area contributed by atoms with Crippen LogP contribution >= 0.6 is 0 Å². The largest absolute Gasteiger partial charge is 0.504 e. The van der Waals surface area contributed by atoms with E-state index in [1.165, 1.54) is 13.2 Å². The lowest BCUT2D eigenvalue weighted by molar-refractivity contribution is 0.0522. The van der Waals surface area contributed by atoms with E-state index in [2.05, 4.69) is 0 Å².